The highest BCUT2D eigenvalue weighted by atomic mass is 16.7. The van der Waals surface area contributed by atoms with Crippen LogP contribution in [0.4, 0.5) is 0 Å². The molecule has 0 aromatic carbocycles. The predicted molar refractivity (Wildman–Crippen MR) is 164 cm³/mol. The van der Waals surface area contributed by atoms with Gasteiger partial charge in [0.1, 0.15) is 31.0 Å². The standard InChI is InChI=1S/C35H54O12/c1-16-28(39)29(40)30(41)32(45-16)47-31-17(2)44-27(14-24(31)36)46-20-7-9-33(3)19(12-20)5-6-22-23(33)13-25(37)34(4)21(8-10-35(22,34)42)18-11-26(38)43-15-18/h11,16-17,19-25,27-32,36-37,39-42H,5-10,12-15H2,1-4H3. The van der Waals surface area contributed by atoms with E-state index in [9.17, 15) is 35.4 Å². The Labute approximate surface area is 276 Å². The lowest BCUT2D eigenvalue weighted by molar-refractivity contribution is -0.340. The minimum Gasteiger partial charge on any atom is -0.458 e. The van der Waals surface area contributed by atoms with E-state index in [0.29, 0.717) is 18.8 Å². The average Bonchev–Trinajstić information content (AvgIpc) is 3.57. The van der Waals surface area contributed by atoms with E-state index in [0.717, 1.165) is 44.1 Å². The highest BCUT2D eigenvalue weighted by molar-refractivity contribution is 5.85. The van der Waals surface area contributed by atoms with Gasteiger partial charge in [0, 0.05) is 17.9 Å². The minimum atomic E-state index is -1.47. The normalized spacial score (nSPS) is 56.3. The summed E-state index contributed by atoms with van der Waals surface area (Å²) in [5.74, 6) is 0.197. The number of carbonyl (C=O) groups excluding carboxylic acids is 1. The number of hydrogen-bond acceptors (Lipinski definition) is 12. The van der Waals surface area contributed by atoms with Crippen LogP contribution >= 0.6 is 0 Å². The molecule has 0 amide bonds. The molecule has 12 heteroatoms. The van der Waals surface area contributed by atoms with E-state index in [1.165, 1.54) is 0 Å². The van der Waals surface area contributed by atoms with Crippen LogP contribution in [-0.4, -0.2) is 116 Å². The molecule has 0 spiro atoms. The van der Waals surface area contributed by atoms with Crippen molar-refractivity contribution in [1.82, 2.24) is 0 Å². The fourth-order valence-corrected chi connectivity index (χ4v) is 11.3. The zero-order valence-corrected chi connectivity index (χ0v) is 27.9. The molecule has 3 aliphatic heterocycles. The van der Waals surface area contributed by atoms with Crippen molar-refractivity contribution in [2.45, 2.75) is 159 Å². The monoisotopic (exact) mass is 666 g/mol. The van der Waals surface area contributed by atoms with Gasteiger partial charge < -0.3 is 54.3 Å². The van der Waals surface area contributed by atoms with Gasteiger partial charge in [0.15, 0.2) is 12.6 Å². The maximum absolute atomic E-state index is 12.5. The van der Waals surface area contributed by atoms with Gasteiger partial charge in [-0.3, -0.25) is 0 Å². The molecule has 0 radical (unpaired) electrons. The molecule has 0 aromatic rings. The summed E-state index contributed by atoms with van der Waals surface area (Å²) in [7, 11) is 0. The van der Waals surface area contributed by atoms with Crippen molar-refractivity contribution in [3.05, 3.63) is 11.6 Å². The smallest absolute Gasteiger partial charge is 0.331 e. The maximum atomic E-state index is 12.5. The van der Waals surface area contributed by atoms with Crippen molar-refractivity contribution < 1.29 is 59.1 Å². The zero-order chi connectivity index (χ0) is 33.6. The van der Waals surface area contributed by atoms with Gasteiger partial charge in [-0.15, -0.1) is 0 Å². The Morgan fingerprint density at radius 2 is 1.60 bits per heavy atom. The number of aliphatic hydroxyl groups excluding tert-OH is 5. The SMILES string of the molecule is CC1OC(OC2C(O)CC(OC3CCC4(C)C(CCC5C4CC(O)C4(C)C(C6=CC(=O)OC6)CCC54O)C3)OC2C)C(O)C(O)C1O. The number of ether oxygens (including phenoxy) is 5. The fourth-order valence-electron chi connectivity index (χ4n) is 11.3. The third-order valence-electron chi connectivity index (χ3n) is 14.1. The Kier molecular flexibility index (Phi) is 8.93. The molecule has 6 fully saturated rings. The summed E-state index contributed by atoms with van der Waals surface area (Å²) in [6.07, 6.45) is -1.75. The highest BCUT2D eigenvalue weighted by Gasteiger charge is 2.71. The summed E-state index contributed by atoms with van der Waals surface area (Å²) in [5, 5.41) is 65.9. The molecule has 18 atom stereocenters. The summed E-state index contributed by atoms with van der Waals surface area (Å²) < 4.78 is 29.3. The zero-order valence-electron chi connectivity index (χ0n) is 27.9. The average molecular weight is 667 g/mol. The Morgan fingerprint density at radius 3 is 2.30 bits per heavy atom. The van der Waals surface area contributed by atoms with Crippen LogP contribution in [0.5, 0.6) is 0 Å². The van der Waals surface area contributed by atoms with Crippen LogP contribution in [0.25, 0.3) is 0 Å². The first kappa shape index (κ1) is 34.3. The van der Waals surface area contributed by atoms with Crippen LogP contribution in [-0.2, 0) is 28.5 Å². The number of fused-ring (bicyclic) bond motifs is 5. The van der Waals surface area contributed by atoms with Gasteiger partial charge in [-0.1, -0.05) is 13.8 Å². The second-order valence-corrected chi connectivity index (χ2v) is 16.3. The molecule has 7 aliphatic rings. The quantitative estimate of drug-likeness (QED) is 0.183. The largest absolute Gasteiger partial charge is 0.458 e. The van der Waals surface area contributed by atoms with Crippen molar-refractivity contribution in [2.75, 3.05) is 6.61 Å². The number of carbonyl (C=O) groups is 1. The second kappa shape index (κ2) is 12.2. The second-order valence-electron chi connectivity index (χ2n) is 16.3. The first-order valence-corrected chi connectivity index (χ1v) is 17.8. The first-order chi connectivity index (χ1) is 22.2. The lowest BCUT2D eigenvalue weighted by Gasteiger charge is -2.65. The Hall–Kier alpha value is -1.19. The van der Waals surface area contributed by atoms with E-state index in [-0.39, 0.29) is 48.3 Å². The van der Waals surface area contributed by atoms with Crippen molar-refractivity contribution >= 4 is 5.97 Å². The molecule has 266 valence electrons. The van der Waals surface area contributed by atoms with E-state index in [1.807, 2.05) is 6.92 Å². The van der Waals surface area contributed by atoms with E-state index < -0.39 is 72.4 Å². The molecule has 6 N–H and O–H groups in total. The molecule has 7 rings (SSSR count). The van der Waals surface area contributed by atoms with E-state index in [2.05, 4.69) is 6.92 Å². The summed E-state index contributed by atoms with van der Waals surface area (Å²) in [6, 6.07) is 0. The van der Waals surface area contributed by atoms with Crippen molar-refractivity contribution in [3.8, 4) is 0 Å². The van der Waals surface area contributed by atoms with E-state index in [1.54, 1.807) is 19.9 Å². The van der Waals surface area contributed by atoms with Crippen LogP contribution in [0.3, 0.4) is 0 Å². The molecule has 3 heterocycles. The summed E-state index contributed by atoms with van der Waals surface area (Å²) >= 11 is 0. The molecule has 2 saturated heterocycles. The van der Waals surface area contributed by atoms with Crippen LogP contribution < -0.4 is 0 Å². The van der Waals surface area contributed by atoms with Crippen molar-refractivity contribution in [3.63, 3.8) is 0 Å². The Morgan fingerprint density at radius 1 is 0.830 bits per heavy atom. The third kappa shape index (κ3) is 5.36. The first-order valence-electron chi connectivity index (χ1n) is 17.8. The number of esters is 1. The van der Waals surface area contributed by atoms with Gasteiger partial charge in [-0.25, -0.2) is 4.79 Å². The third-order valence-corrected chi connectivity index (χ3v) is 14.1. The van der Waals surface area contributed by atoms with Gasteiger partial charge in [0.05, 0.1) is 36.1 Å². The van der Waals surface area contributed by atoms with Crippen LogP contribution in [0.1, 0.15) is 85.5 Å². The number of hydrogen-bond donors (Lipinski definition) is 6. The molecule has 0 aromatic heterocycles. The summed E-state index contributed by atoms with van der Waals surface area (Å²) in [4.78, 5) is 11.9. The minimum absolute atomic E-state index is 0.0557. The van der Waals surface area contributed by atoms with E-state index in [4.69, 9.17) is 23.7 Å². The Balaban J connectivity index is 0.978. The number of rotatable bonds is 5. The van der Waals surface area contributed by atoms with E-state index >= 15 is 0 Å². The molecule has 4 aliphatic carbocycles. The predicted octanol–water partition coefficient (Wildman–Crippen LogP) is 1.31. The number of aliphatic hydroxyl groups is 6. The fraction of sp³-hybridized carbons (Fsp3) is 0.914. The maximum Gasteiger partial charge on any atom is 0.331 e. The molecule has 0 bridgehead atoms. The summed E-state index contributed by atoms with van der Waals surface area (Å²) in [5.41, 5.74) is -0.891. The molecule has 47 heavy (non-hydrogen) atoms. The lowest BCUT2D eigenvalue weighted by atomic mass is 9.42. The van der Waals surface area contributed by atoms with Crippen molar-refractivity contribution in [1.29, 1.82) is 0 Å². The van der Waals surface area contributed by atoms with Gasteiger partial charge >= 0.3 is 5.97 Å². The van der Waals surface area contributed by atoms with Crippen LogP contribution in [0.15, 0.2) is 11.6 Å². The summed E-state index contributed by atoms with van der Waals surface area (Å²) in [6.45, 7) is 7.96. The molecule has 4 saturated carbocycles. The molecule has 18 unspecified atom stereocenters. The topological polar surface area (TPSA) is 185 Å². The Bertz CT molecular complexity index is 1220. The lowest BCUT2D eigenvalue weighted by Crippen LogP contribution is -2.67. The van der Waals surface area contributed by atoms with Crippen LogP contribution in [0.2, 0.25) is 0 Å². The highest BCUT2D eigenvalue weighted by Crippen LogP contribution is 2.70. The van der Waals surface area contributed by atoms with Crippen LogP contribution in [0, 0.1) is 34.5 Å². The molecular weight excluding hydrogens is 612 g/mol. The molecule has 12 nitrogen and oxygen atoms in total. The van der Waals surface area contributed by atoms with Gasteiger partial charge in [-0.2, -0.15) is 0 Å². The number of cyclic esters (lactones) is 1. The van der Waals surface area contributed by atoms with Crippen molar-refractivity contribution in [2.24, 2.45) is 34.5 Å². The van der Waals surface area contributed by atoms with Gasteiger partial charge in [0.2, 0.25) is 0 Å². The molecular formula is C35H54O12. The van der Waals surface area contributed by atoms with Gasteiger partial charge in [-0.05, 0) is 99.9 Å². The van der Waals surface area contributed by atoms with Gasteiger partial charge in [0.25, 0.3) is 0 Å².